The van der Waals surface area contributed by atoms with Crippen molar-refractivity contribution in [3.8, 4) is 0 Å². The molecule has 0 bridgehead atoms. The normalized spacial score (nSPS) is 19.3. The molecule has 0 aromatic rings. The Morgan fingerprint density at radius 1 is 1.67 bits per heavy atom. The van der Waals surface area contributed by atoms with Crippen molar-refractivity contribution in [1.82, 2.24) is 4.90 Å². The molecule has 1 unspecified atom stereocenters. The van der Waals surface area contributed by atoms with Crippen molar-refractivity contribution in [1.29, 1.82) is 0 Å². The molecule has 0 radical (unpaired) electrons. The van der Waals surface area contributed by atoms with Crippen molar-refractivity contribution < 1.29 is 9.59 Å². The topological polar surface area (TPSA) is 63.4 Å². The molecule has 2 amide bonds. The third kappa shape index (κ3) is 2.12. The van der Waals surface area contributed by atoms with Crippen LogP contribution in [0.5, 0.6) is 0 Å². The maximum absolute atomic E-state index is 11.0. The van der Waals surface area contributed by atoms with Gasteiger partial charge in [-0.15, -0.1) is 12.4 Å². The molecule has 2 N–H and O–H groups in total. The largest absolute Gasteiger partial charge is 0.328 e. The SMILES string of the molecule is CC(CN)N1C(=O)CSC1=O.Cl. The van der Waals surface area contributed by atoms with E-state index in [-0.39, 0.29) is 35.3 Å². The molecular formula is C6H11ClN2O2S. The zero-order valence-corrected chi connectivity index (χ0v) is 8.28. The van der Waals surface area contributed by atoms with E-state index in [1.54, 1.807) is 6.92 Å². The monoisotopic (exact) mass is 210 g/mol. The van der Waals surface area contributed by atoms with Crippen LogP contribution in [-0.2, 0) is 4.79 Å². The average Bonchev–Trinajstić information content (AvgIpc) is 2.30. The molecule has 0 aromatic heterocycles. The van der Waals surface area contributed by atoms with E-state index in [1.165, 1.54) is 4.90 Å². The Kier molecular flexibility index (Phi) is 4.59. The molecule has 70 valence electrons. The number of halogens is 1. The van der Waals surface area contributed by atoms with Crippen LogP contribution in [-0.4, -0.2) is 34.4 Å². The van der Waals surface area contributed by atoms with Crippen molar-refractivity contribution in [3.63, 3.8) is 0 Å². The van der Waals surface area contributed by atoms with Gasteiger partial charge >= 0.3 is 0 Å². The fourth-order valence-corrected chi connectivity index (χ4v) is 1.70. The van der Waals surface area contributed by atoms with Crippen LogP contribution in [0.1, 0.15) is 6.92 Å². The van der Waals surface area contributed by atoms with E-state index >= 15 is 0 Å². The summed E-state index contributed by atoms with van der Waals surface area (Å²) in [5.41, 5.74) is 5.32. The van der Waals surface area contributed by atoms with Crippen LogP contribution in [0.25, 0.3) is 0 Å². The lowest BCUT2D eigenvalue weighted by Gasteiger charge is -2.19. The first-order chi connectivity index (χ1) is 5.16. The molecule has 0 aliphatic carbocycles. The summed E-state index contributed by atoms with van der Waals surface area (Å²) in [6.45, 7) is 2.10. The highest BCUT2D eigenvalue weighted by Crippen LogP contribution is 2.20. The number of hydrogen-bond acceptors (Lipinski definition) is 4. The minimum absolute atomic E-state index is 0. The number of nitrogens with zero attached hydrogens (tertiary/aromatic N) is 1. The highest BCUT2D eigenvalue weighted by atomic mass is 35.5. The van der Waals surface area contributed by atoms with Gasteiger partial charge in [-0.1, -0.05) is 11.8 Å². The first-order valence-corrected chi connectivity index (χ1v) is 4.34. The number of imide groups is 1. The molecule has 1 rings (SSSR count). The van der Waals surface area contributed by atoms with Gasteiger partial charge in [-0.25, -0.2) is 0 Å². The molecule has 1 saturated heterocycles. The number of carbonyl (C=O) groups is 2. The van der Waals surface area contributed by atoms with Crippen molar-refractivity contribution in [3.05, 3.63) is 0 Å². The number of carbonyl (C=O) groups excluding carboxylic acids is 2. The van der Waals surface area contributed by atoms with Gasteiger partial charge in [-0.3, -0.25) is 14.5 Å². The summed E-state index contributed by atoms with van der Waals surface area (Å²) in [6, 6.07) is -0.162. The molecule has 0 saturated carbocycles. The van der Waals surface area contributed by atoms with Crippen molar-refractivity contribution >= 4 is 35.3 Å². The molecule has 0 aromatic carbocycles. The Hall–Kier alpha value is -0.260. The van der Waals surface area contributed by atoms with E-state index in [4.69, 9.17) is 5.73 Å². The van der Waals surface area contributed by atoms with Gasteiger partial charge in [0.15, 0.2) is 0 Å². The Morgan fingerprint density at radius 3 is 2.58 bits per heavy atom. The van der Waals surface area contributed by atoms with Gasteiger partial charge in [-0.05, 0) is 6.92 Å². The smallest absolute Gasteiger partial charge is 0.289 e. The summed E-state index contributed by atoms with van der Waals surface area (Å²) in [4.78, 5) is 23.2. The number of nitrogens with two attached hydrogens (primary N) is 1. The van der Waals surface area contributed by atoms with E-state index in [0.717, 1.165) is 11.8 Å². The second-order valence-electron chi connectivity index (χ2n) is 2.40. The second kappa shape index (κ2) is 4.69. The molecule has 0 spiro atoms. The Morgan fingerprint density at radius 2 is 2.25 bits per heavy atom. The summed E-state index contributed by atoms with van der Waals surface area (Å²) in [5, 5.41) is -0.173. The van der Waals surface area contributed by atoms with E-state index in [0.29, 0.717) is 6.54 Å². The van der Waals surface area contributed by atoms with E-state index in [2.05, 4.69) is 0 Å². The standard InChI is InChI=1S/C6H10N2O2S.ClH/c1-4(2-7)8-5(9)3-11-6(8)10;/h4H,2-3,7H2,1H3;1H. The number of thioether (sulfide) groups is 1. The van der Waals surface area contributed by atoms with Crippen molar-refractivity contribution in [2.45, 2.75) is 13.0 Å². The summed E-state index contributed by atoms with van der Waals surface area (Å²) < 4.78 is 0. The number of amides is 2. The van der Waals surface area contributed by atoms with Crippen LogP contribution in [0, 0.1) is 0 Å². The Labute approximate surface area is 81.3 Å². The maximum atomic E-state index is 11.0. The Balaban J connectivity index is 0.00000121. The molecule has 1 fully saturated rings. The highest BCUT2D eigenvalue weighted by Gasteiger charge is 2.32. The molecular weight excluding hydrogens is 200 g/mol. The predicted octanol–water partition coefficient (Wildman–Crippen LogP) is 0.451. The van der Waals surface area contributed by atoms with Crippen LogP contribution in [0.4, 0.5) is 4.79 Å². The van der Waals surface area contributed by atoms with E-state index < -0.39 is 0 Å². The lowest BCUT2D eigenvalue weighted by atomic mass is 10.3. The van der Waals surface area contributed by atoms with Crippen LogP contribution in [0.15, 0.2) is 0 Å². The molecule has 1 atom stereocenters. The molecule has 4 nitrogen and oxygen atoms in total. The molecule has 1 heterocycles. The summed E-state index contributed by atoms with van der Waals surface area (Å²) in [7, 11) is 0. The van der Waals surface area contributed by atoms with Crippen molar-refractivity contribution in [2.75, 3.05) is 12.3 Å². The lowest BCUT2D eigenvalue weighted by molar-refractivity contribution is -0.125. The third-order valence-electron chi connectivity index (χ3n) is 1.57. The van der Waals surface area contributed by atoms with Crippen LogP contribution < -0.4 is 5.73 Å². The maximum Gasteiger partial charge on any atom is 0.289 e. The van der Waals surface area contributed by atoms with Gasteiger partial charge in [0, 0.05) is 12.6 Å². The second-order valence-corrected chi connectivity index (χ2v) is 3.33. The summed E-state index contributed by atoms with van der Waals surface area (Å²) in [6.07, 6.45) is 0. The van der Waals surface area contributed by atoms with Gasteiger partial charge in [-0.2, -0.15) is 0 Å². The minimum Gasteiger partial charge on any atom is -0.328 e. The van der Waals surface area contributed by atoms with Crippen LogP contribution in [0.3, 0.4) is 0 Å². The van der Waals surface area contributed by atoms with Gasteiger partial charge in [0.2, 0.25) is 5.91 Å². The molecule has 1 aliphatic rings. The first-order valence-electron chi connectivity index (χ1n) is 3.35. The van der Waals surface area contributed by atoms with E-state index in [9.17, 15) is 9.59 Å². The number of rotatable bonds is 2. The van der Waals surface area contributed by atoms with Gasteiger partial charge in [0.1, 0.15) is 0 Å². The molecule has 1 aliphatic heterocycles. The number of hydrogen-bond donors (Lipinski definition) is 1. The quantitative estimate of drug-likeness (QED) is 0.719. The predicted molar refractivity (Wildman–Crippen MR) is 50.5 cm³/mol. The molecule has 6 heteroatoms. The average molecular weight is 211 g/mol. The fourth-order valence-electron chi connectivity index (χ4n) is 0.896. The third-order valence-corrected chi connectivity index (χ3v) is 2.40. The van der Waals surface area contributed by atoms with Crippen molar-refractivity contribution in [2.24, 2.45) is 5.73 Å². The Bertz CT molecular complexity index is 184. The van der Waals surface area contributed by atoms with Crippen LogP contribution in [0.2, 0.25) is 0 Å². The minimum atomic E-state index is -0.173. The zero-order valence-electron chi connectivity index (χ0n) is 6.65. The molecule has 12 heavy (non-hydrogen) atoms. The highest BCUT2D eigenvalue weighted by molar-refractivity contribution is 8.14. The lowest BCUT2D eigenvalue weighted by Crippen LogP contribution is -2.41. The van der Waals surface area contributed by atoms with Gasteiger partial charge in [0.05, 0.1) is 5.75 Å². The van der Waals surface area contributed by atoms with Crippen LogP contribution >= 0.6 is 24.2 Å². The van der Waals surface area contributed by atoms with E-state index in [1.807, 2.05) is 0 Å². The summed E-state index contributed by atoms with van der Waals surface area (Å²) >= 11 is 1.04. The van der Waals surface area contributed by atoms with Gasteiger partial charge < -0.3 is 5.73 Å². The first kappa shape index (κ1) is 11.7. The fraction of sp³-hybridized carbons (Fsp3) is 0.667. The summed E-state index contributed by atoms with van der Waals surface area (Å²) in [5.74, 6) is 0.140. The zero-order chi connectivity index (χ0) is 8.43. The van der Waals surface area contributed by atoms with Gasteiger partial charge in [0.25, 0.3) is 5.24 Å².